The summed E-state index contributed by atoms with van der Waals surface area (Å²) >= 11 is 0. The summed E-state index contributed by atoms with van der Waals surface area (Å²) in [4.78, 5) is 0. The fraction of sp³-hybridized carbons (Fsp3) is 0.952. The second-order valence-electron chi connectivity index (χ2n) is 11.1. The third-order valence-corrected chi connectivity index (χ3v) is 15.1. The second kappa shape index (κ2) is 4.40. The summed E-state index contributed by atoms with van der Waals surface area (Å²) < 4.78 is 9.10. The molecule has 12 unspecified atom stereocenters. The maximum atomic E-state index is 11.9. The Labute approximate surface area is 203 Å². The number of rotatable bonds is 0. The first kappa shape index (κ1) is 19.4. The van der Waals surface area contributed by atoms with Crippen molar-refractivity contribution in [1.82, 2.24) is 0 Å². The molecule has 2 spiro atoms. The van der Waals surface area contributed by atoms with Crippen LogP contribution in [-0.4, -0.2) is 21.5 Å². The standard InChI is InChI=1S/C21H35OP2.K/c1-10-11(2)20-15(10,6)14(4,5)18(20,9)16(7)12(3)19(24)13(23)17(8,22)21(16,19)20;/h11-13,22H,23-24H2,1-9H3;/q-1;+1/i13D;. The average Bonchev–Trinajstić information content (AvgIpc) is 2.53. The van der Waals surface area contributed by atoms with E-state index in [-0.39, 0.29) is 89.0 Å². The zero-order valence-corrected chi connectivity index (χ0v) is 23.2. The smallest absolute Gasteiger partial charge is 0.389 e. The summed E-state index contributed by atoms with van der Waals surface area (Å²) in [5.74, 6) is 2.54. The molecule has 0 aromatic heterocycles. The van der Waals surface area contributed by atoms with Crippen molar-refractivity contribution in [3.63, 3.8) is 0 Å². The van der Waals surface area contributed by atoms with E-state index in [1.807, 2.05) is 6.92 Å². The molecule has 5 aliphatic carbocycles. The molecular formula is C21H35KOP2. The Morgan fingerprint density at radius 2 is 1.56 bits per heavy atom. The molecule has 0 bridgehead atoms. The van der Waals surface area contributed by atoms with Crippen LogP contribution in [0.5, 0.6) is 0 Å². The van der Waals surface area contributed by atoms with Crippen molar-refractivity contribution in [1.29, 1.82) is 0 Å². The molecule has 1 nitrogen and oxygen atoms in total. The van der Waals surface area contributed by atoms with E-state index in [1.54, 1.807) is 5.92 Å². The molecule has 0 radical (unpaired) electrons. The first-order valence-corrected chi connectivity index (χ1v) is 10.8. The van der Waals surface area contributed by atoms with Gasteiger partial charge in [0.25, 0.3) is 0 Å². The van der Waals surface area contributed by atoms with Crippen LogP contribution >= 0.6 is 18.5 Å². The van der Waals surface area contributed by atoms with Gasteiger partial charge in [0.1, 0.15) is 0 Å². The molecule has 0 heterocycles. The van der Waals surface area contributed by atoms with Gasteiger partial charge in [0.2, 0.25) is 0 Å². The monoisotopic (exact) mass is 405 g/mol. The van der Waals surface area contributed by atoms with Crippen molar-refractivity contribution in [3.05, 3.63) is 5.92 Å². The molecule has 25 heavy (non-hydrogen) atoms. The van der Waals surface area contributed by atoms with Crippen molar-refractivity contribution >= 4 is 18.5 Å². The summed E-state index contributed by atoms with van der Waals surface area (Å²) in [6, 6.07) is 0. The van der Waals surface area contributed by atoms with E-state index in [2.05, 4.69) is 73.9 Å². The summed E-state index contributed by atoms with van der Waals surface area (Å²) in [6.07, 6.45) is 0. The van der Waals surface area contributed by atoms with Crippen molar-refractivity contribution < 1.29 is 57.9 Å². The molecular weight excluding hydrogens is 369 g/mol. The summed E-state index contributed by atoms with van der Waals surface area (Å²) in [5.41, 5.74) is -1.33. The zero-order chi connectivity index (χ0) is 19.2. The maximum Gasteiger partial charge on any atom is 1.00 e. The van der Waals surface area contributed by atoms with E-state index in [1.165, 1.54) is 0 Å². The van der Waals surface area contributed by atoms with Crippen molar-refractivity contribution in [2.24, 2.45) is 44.3 Å². The maximum absolute atomic E-state index is 11.9. The number of aliphatic hydroxyl groups is 1. The predicted octanol–water partition coefficient (Wildman–Crippen LogP) is 1.55. The van der Waals surface area contributed by atoms with Crippen LogP contribution in [0, 0.1) is 50.2 Å². The summed E-state index contributed by atoms with van der Waals surface area (Å²) in [5, 5.41) is 11.6. The van der Waals surface area contributed by atoms with Gasteiger partial charge in [0.05, 0.1) is 5.60 Å². The summed E-state index contributed by atoms with van der Waals surface area (Å²) in [6.45, 7) is 21.4. The zero-order valence-electron chi connectivity index (χ0n) is 18.8. The third kappa shape index (κ3) is 1.04. The fourth-order valence-corrected chi connectivity index (χ4v) is 13.7. The molecule has 0 amide bonds. The Hall–Kier alpha value is 2.46. The molecule has 0 aliphatic heterocycles. The van der Waals surface area contributed by atoms with Crippen LogP contribution in [0.4, 0.5) is 0 Å². The molecule has 0 aromatic carbocycles. The van der Waals surface area contributed by atoms with Gasteiger partial charge in [-0.15, -0.1) is 23.9 Å². The molecule has 5 saturated carbocycles. The Kier molecular flexibility index (Phi) is 3.41. The summed E-state index contributed by atoms with van der Waals surface area (Å²) in [7, 11) is 5.86. The number of hydrogen-bond donors (Lipinski definition) is 1. The van der Waals surface area contributed by atoms with Gasteiger partial charge >= 0.3 is 51.4 Å². The van der Waals surface area contributed by atoms with Crippen LogP contribution in [-0.2, 0) is 0 Å². The van der Waals surface area contributed by atoms with Gasteiger partial charge in [-0.3, -0.25) is 0 Å². The van der Waals surface area contributed by atoms with Crippen molar-refractivity contribution in [2.75, 3.05) is 0 Å². The van der Waals surface area contributed by atoms with E-state index < -0.39 is 11.2 Å². The van der Waals surface area contributed by atoms with E-state index >= 15 is 0 Å². The first-order valence-electron chi connectivity index (χ1n) is 10.1. The molecule has 136 valence electrons. The van der Waals surface area contributed by atoms with Gasteiger partial charge in [-0.05, 0) is 23.7 Å². The van der Waals surface area contributed by atoms with Gasteiger partial charge in [0.15, 0.2) is 0 Å². The fourth-order valence-electron chi connectivity index (χ4n) is 11.6. The minimum atomic E-state index is -0.986. The van der Waals surface area contributed by atoms with Gasteiger partial charge in [-0.2, -0.15) is 12.8 Å². The van der Waals surface area contributed by atoms with Gasteiger partial charge in [-0.25, -0.2) is 0 Å². The topological polar surface area (TPSA) is 20.2 Å². The molecule has 4 heteroatoms. The van der Waals surface area contributed by atoms with Crippen molar-refractivity contribution in [3.8, 4) is 0 Å². The van der Waals surface area contributed by atoms with Crippen LogP contribution in [0.15, 0.2) is 0 Å². The minimum absolute atomic E-state index is 0. The normalized spacial score (nSPS) is 77.7. The quantitative estimate of drug-likeness (QED) is 0.368. The van der Waals surface area contributed by atoms with Crippen LogP contribution in [0.1, 0.15) is 63.7 Å². The molecule has 5 fully saturated rings. The second-order valence-corrected chi connectivity index (χ2v) is 12.6. The van der Waals surface area contributed by atoms with Crippen LogP contribution < -0.4 is 51.4 Å². The van der Waals surface area contributed by atoms with Crippen LogP contribution in [0.25, 0.3) is 0 Å². The Morgan fingerprint density at radius 1 is 1.08 bits per heavy atom. The number of fused-ring (bicyclic) bond motifs is 1. The third-order valence-electron chi connectivity index (χ3n) is 12.4. The SMILES string of the molecule is [2H]C1(P)C(C)(O)C23C(C)(C(C)C12P)C1(C)C(C)(C)C2(C)[C-](C)C(C)C213.[K+]. The first-order chi connectivity index (χ1) is 11.0. The Balaban J connectivity index is 0.00000168. The minimum Gasteiger partial charge on any atom is -0.389 e. The van der Waals surface area contributed by atoms with Crippen LogP contribution in [0.3, 0.4) is 0 Å². The molecule has 5 aliphatic rings. The predicted molar refractivity (Wildman–Crippen MR) is 107 cm³/mol. The largest absolute Gasteiger partial charge is 1.00 e. The van der Waals surface area contributed by atoms with E-state index in [0.29, 0.717) is 11.8 Å². The van der Waals surface area contributed by atoms with E-state index in [0.717, 1.165) is 0 Å². The van der Waals surface area contributed by atoms with E-state index in [4.69, 9.17) is 1.37 Å². The molecule has 12 atom stereocenters. The van der Waals surface area contributed by atoms with Gasteiger partial charge < -0.3 is 11.0 Å². The van der Waals surface area contributed by atoms with E-state index in [9.17, 15) is 5.11 Å². The number of hydrogen-bond acceptors (Lipinski definition) is 1. The molecule has 0 saturated heterocycles. The Morgan fingerprint density at radius 3 is 2.04 bits per heavy atom. The Bertz CT molecular complexity index is 769. The molecule has 0 aromatic rings. The molecule has 5 rings (SSSR count). The van der Waals surface area contributed by atoms with Gasteiger partial charge in [-0.1, -0.05) is 59.3 Å². The van der Waals surface area contributed by atoms with Crippen molar-refractivity contribution in [2.45, 2.75) is 78.7 Å². The van der Waals surface area contributed by atoms with Crippen LogP contribution in [0.2, 0.25) is 0 Å². The van der Waals surface area contributed by atoms with Gasteiger partial charge in [0, 0.05) is 17.6 Å². The average molecular weight is 406 g/mol. The molecule has 1 N–H and O–H groups in total.